The minimum atomic E-state index is -0.0249. The zero-order valence-electron chi connectivity index (χ0n) is 18.2. The van der Waals surface area contributed by atoms with Gasteiger partial charge in [0.15, 0.2) is 0 Å². The lowest BCUT2D eigenvalue weighted by atomic mass is 9.83. The molecule has 4 rings (SSSR count). The van der Waals surface area contributed by atoms with E-state index in [9.17, 15) is 4.79 Å². The predicted molar refractivity (Wildman–Crippen MR) is 121 cm³/mol. The van der Waals surface area contributed by atoms with Crippen LogP contribution in [-0.2, 0) is 17.6 Å². The first kappa shape index (κ1) is 21.2. The number of rotatable bonds is 7. The Balaban J connectivity index is 1.25. The highest BCUT2D eigenvalue weighted by Crippen LogP contribution is 2.27. The molecular weight excluding hydrogens is 388 g/mol. The number of carbonyl (C=O) groups is 1. The monoisotopic (exact) mass is 418 g/mol. The number of aryl methyl sites for hydroxylation is 1. The molecule has 0 saturated carbocycles. The first-order chi connectivity index (χ1) is 15.1. The molecule has 1 aliphatic rings. The SMILES string of the molecule is C[C@H]1CN(C)CC[C@@H]1CCc1ccc(NC(=O)Cc2ccc(-n3cnnn3)cc2)cc1. The van der Waals surface area contributed by atoms with Gasteiger partial charge < -0.3 is 10.2 Å². The molecule has 0 bridgehead atoms. The molecule has 0 aliphatic carbocycles. The van der Waals surface area contributed by atoms with Crippen LogP contribution in [0.5, 0.6) is 0 Å². The molecule has 7 nitrogen and oxygen atoms in total. The average molecular weight is 419 g/mol. The predicted octanol–water partition coefficient (Wildman–Crippen LogP) is 3.36. The van der Waals surface area contributed by atoms with E-state index in [2.05, 4.69) is 51.8 Å². The summed E-state index contributed by atoms with van der Waals surface area (Å²) in [6.45, 7) is 4.79. The third kappa shape index (κ3) is 5.76. The van der Waals surface area contributed by atoms with Gasteiger partial charge in [-0.15, -0.1) is 5.10 Å². The van der Waals surface area contributed by atoms with E-state index < -0.39 is 0 Å². The van der Waals surface area contributed by atoms with Gasteiger partial charge in [-0.2, -0.15) is 0 Å². The third-order valence-electron chi connectivity index (χ3n) is 6.24. The van der Waals surface area contributed by atoms with Crippen molar-refractivity contribution in [2.75, 3.05) is 25.5 Å². The van der Waals surface area contributed by atoms with Gasteiger partial charge in [-0.3, -0.25) is 4.79 Å². The minimum absolute atomic E-state index is 0.0249. The van der Waals surface area contributed by atoms with E-state index in [1.165, 1.54) is 31.5 Å². The second-order valence-electron chi connectivity index (χ2n) is 8.67. The third-order valence-corrected chi connectivity index (χ3v) is 6.24. The maximum Gasteiger partial charge on any atom is 0.228 e. The summed E-state index contributed by atoms with van der Waals surface area (Å²) in [7, 11) is 2.21. The number of benzene rings is 2. The average Bonchev–Trinajstić information content (AvgIpc) is 3.30. The van der Waals surface area contributed by atoms with Gasteiger partial charge in [0.1, 0.15) is 6.33 Å². The molecule has 2 atom stereocenters. The minimum Gasteiger partial charge on any atom is -0.326 e. The highest BCUT2D eigenvalue weighted by atomic mass is 16.1. The summed E-state index contributed by atoms with van der Waals surface area (Å²) in [6.07, 6.45) is 5.50. The number of aromatic nitrogens is 4. The van der Waals surface area contributed by atoms with Gasteiger partial charge in [0, 0.05) is 12.2 Å². The van der Waals surface area contributed by atoms with Crippen molar-refractivity contribution in [3.8, 4) is 5.69 Å². The van der Waals surface area contributed by atoms with E-state index in [1.807, 2.05) is 36.4 Å². The maximum atomic E-state index is 12.4. The number of likely N-dealkylation sites (tertiary alicyclic amines) is 1. The smallest absolute Gasteiger partial charge is 0.228 e. The first-order valence-electron chi connectivity index (χ1n) is 11.0. The number of anilines is 1. The molecule has 162 valence electrons. The highest BCUT2D eigenvalue weighted by Gasteiger charge is 2.23. The number of nitrogens with one attached hydrogen (secondary N) is 1. The van der Waals surface area contributed by atoms with Crippen LogP contribution >= 0.6 is 0 Å². The van der Waals surface area contributed by atoms with Crippen LogP contribution in [-0.4, -0.2) is 51.2 Å². The van der Waals surface area contributed by atoms with E-state index in [0.29, 0.717) is 6.42 Å². The summed E-state index contributed by atoms with van der Waals surface area (Å²) in [5.41, 5.74) is 3.98. The molecule has 2 heterocycles. The molecule has 0 radical (unpaired) electrons. The lowest BCUT2D eigenvalue weighted by Crippen LogP contribution is -2.36. The van der Waals surface area contributed by atoms with Crippen molar-refractivity contribution >= 4 is 11.6 Å². The fourth-order valence-electron chi connectivity index (χ4n) is 4.38. The molecule has 3 aromatic rings. The van der Waals surface area contributed by atoms with Crippen LogP contribution in [0.1, 0.15) is 30.9 Å². The summed E-state index contributed by atoms with van der Waals surface area (Å²) in [4.78, 5) is 14.9. The number of nitrogens with zero attached hydrogens (tertiary/aromatic N) is 5. The second kappa shape index (κ2) is 9.83. The lowest BCUT2D eigenvalue weighted by molar-refractivity contribution is -0.115. The Bertz CT molecular complexity index is 968. The number of hydrogen-bond acceptors (Lipinski definition) is 5. The molecule has 1 N–H and O–H groups in total. The van der Waals surface area contributed by atoms with E-state index in [4.69, 9.17) is 0 Å². The van der Waals surface area contributed by atoms with Crippen LogP contribution in [0.3, 0.4) is 0 Å². The van der Waals surface area contributed by atoms with Crippen molar-refractivity contribution in [2.45, 2.75) is 32.6 Å². The molecule has 0 unspecified atom stereocenters. The number of amides is 1. The Hall–Kier alpha value is -3.06. The Kier molecular flexibility index (Phi) is 6.72. The standard InChI is InChI=1S/C24H30N6O/c1-18-16-29(2)14-13-21(18)8-3-19-4-9-22(10-5-19)26-24(31)15-20-6-11-23(12-7-20)30-17-25-27-28-30/h4-7,9-12,17-18,21H,3,8,13-16H2,1-2H3,(H,26,31)/t18-,21-/m0/s1. The van der Waals surface area contributed by atoms with Crippen molar-refractivity contribution in [1.82, 2.24) is 25.1 Å². The molecule has 1 aromatic heterocycles. The number of piperidine rings is 1. The van der Waals surface area contributed by atoms with E-state index >= 15 is 0 Å². The largest absolute Gasteiger partial charge is 0.326 e. The number of carbonyl (C=O) groups excluding carboxylic acids is 1. The highest BCUT2D eigenvalue weighted by molar-refractivity contribution is 5.92. The first-order valence-corrected chi connectivity index (χ1v) is 11.0. The Morgan fingerprint density at radius 1 is 1.10 bits per heavy atom. The van der Waals surface area contributed by atoms with Crippen LogP contribution in [0.4, 0.5) is 5.69 Å². The number of hydrogen-bond donors (Lipinski definition) is 1. The van der Waals surface area contributed by atoms with Crippen LogP contribution in [0.25, 0.3) is 5.69 Å². The summed E-state index contributed by atoms with van der Waals surface area (Å²) < 4.78 is 1.58. The summed E-state index contributed by atoms with van der Waals surface area (Å²) in [5.74, 6) is 1.55. The molecular formula is C24H30N6O. The van der Waals surface area contributed by atoms with Gasteiger partial charge in [0.25, 0.3) is 0 Å². The topological polar surface area (TPSA) is 75.9 Å². The summed E-state index contributed by atoms with van der Waals surface area (Å²) >= 11 is 0. The van der Waals surface area contributed by atoms with Crippen molar-refractivity contribution in [3.63, 3.8) is 0 Å². The molecule has 31 heavy (non-hydrogen) atoms. The van der Waals surface area contributed by atoms with Crippen molar-refractivity contribution < 1.29 is 4.79 Å². The molecule has 1 fully saturated rings. The lowest BCUT2D eigenvalue weighted by Gasteiger charge is -2.34. The van der Waals surface area contributed by atoms with E-state index in [-0.39, 0.29) is 5.91 Å². The van der Waals surface area contributed by atoms with Crippen molar-refractivity contribution in [2.24, 2.45) is 11.8 Å². The molecule has 2 aromatic carbocycles. The van der Waals surface area contributed by atoms with Gasteiger partial charge in [0.05, 0.1) is 12.1 Å². The fraction of sp³-hybridized carbons (Fsp3) is 0.417. The van der Waals surface area contributed by atoms with Crippen LogP contribution in [0.2, 0.25) is 0 Å². The molecule has 1 amide bonds. The molecule has 1 saturated heterocycles. The Morgan fingerprint density at radius 3 is 2.52 bits per heavy atom. The maximum absolute atomic E-state index is 12.4. The Labute approximate surface area is 183 Å². The van der Waals surface area contributed by atoms with Crippen LogP contribution in [0.15, 0.2) is 54.9 Å². The zero-order valence-corrected chi connectivity index (χ0v) is 18.2. The number of tetrazole rings is 1. The van der Waals surface area contributed by atoms with Crippen molar-refractivity contribution in [1.29, 1.82) is 0 Å². The van der Waals surface area contributed by atoms with Gasteiger partial charge in [-0.1, -0.05) is 31.2 Å². The van der Waals surface area contributed by atoms with Gasteiger partial charge >= 0.3 is 0 Å². The van der Waals surface area contributed by atoms with Crippen molar-refractivity contribution in [3.05, 3.63) is 66.0 Å². The quantitative estimate of drug-likeness (QED) is 0.637. The van der Waals surface area contributed by atoms with Crippen LogP contribution < -0.4 is 5.32 Å². The van der Waals surface area contributed by atoms with E-state index in [0.717, 1.165) is 35.2 Å². The van der Waals surface area contributed by atoms with Gasteiger partial charge in [-0.25, -0.2) is 4.68 Å². The summed E-state index contributed by atoms with van der Waals surface area (Å²) in [6, 6.07) is 15.9. The normalized spacial score (nSPS) is 19.3. The van der Waals surface area contributed by atoms with Crippen LogP contribution in [0, 0.1) is 11.8 Å². The molecule has 0 spiro atoms. The van der Waals surface area contributed by atoms with Gasteiger partial charge in [0.2, 0.25) is 5.91 Å². The molecule has 1 aliphatic heterocycles. The fourth-order valence-corrected chi connectivity index (χ4v) is 4.38. The summed E-state index contributed by atoms with van der Waals surface area (Å²) in [5, 5.41) is 14.1. The van der Waals surface area contributed by atoms with E-state index in [1.54, 1.807) is 11.0 Å². The van der Waals surface area contributed by atoms with Gasteiger partial charge in [-0.05, 0) is 90.5 Å². The Morgan fingerprint density at radius 2 is 1.84 bits per heavy atom. The molecule has 7 heteroatoms. The second-order valence-corrected chi connectivity index (χ2v) is 8.67. The zero-order chi connectivity index (χ0) is 21.6.